The van der Waals surface area contributed by atoms with Crippen molar-refractivity contribution in [3.05, 3.63) is 30.1 Å². The highest BCUT2D eigenvalue weighted by Crippen LogP contribution is 2.27. The van der Waals surface area contributed by atoms with Crippen LogP contribution in [-0.4, -0.2) is 35.4 Å². The van der Waals surface area contributed by atoms with Crippen molar-refractivity contribution < 1.29 is 23.8 Å². The minimum atomic E-state index is -1.18. The Morgan fingerprint density at radius 1 is 1.50 bits per heavy atom. The van der Waals surface area contributed by atoms with Gasteiger partial charge in [-0.1, -0.05) is 12.1 Å². The van der Waals surface area contributed by atoms with E-state index in [1.807, 2.05) is 0 Å². The quantitative estimate of drug-likeness (QED) is 0.843. The molecule has 0 saturated heterocycles. The second-order valence-electron chi connectivity index (χ2n) is 4.12. The molecule has 2 rings (SSSR count). The molecule has 0 spiro atoms. The van der Waals surface area contributed by atoms with Gasteiger partial charge < -0.3 is 9.84 Å². The molecule has 7 heteroatoms. The Labute approximate surface area is 114 Å². The Hall–Kier alpha value is -2.44. The number of carbonyl (C=O) groups excluding carboxylic acids is 1. The summed E-state index contributed by atoms with van der Waals surface area (Å²) < 4.78 is 18.5. The minimum Gasteiger partial charge on any atom is -0.480 e. The van der Waals surface area contributed by atoms with E-state index >= 15 is 0 Å². The third kappa shape index (κ3) is 2.61. The number of anilines is 1. The predicted molar refractivity (Wildman–Crippen MR) is 69.0 cm³/mol. The first kappa shape index (κ1) is 14.0. The summed E-state index contributed by atoms with van der Waals surface area (Å²) >= 11 is 0. The molecular formula is C13H13FN2O4. The number of carboxylic acid groups (broad SMARTS) is 1. The van der Waals surface area contributed by atoms with Crippen LogP contribution >= 0.6 is 0 Å². The van der Waals surface area contributed by atoms with E-state index in [1.165, 1.54) is 18.2 Å². The minimum absolute atomic E-state index is 0.0131. The molecule has 20 heavy (non-hydrogen) atoms. The highest BCUT2D eigenvalue weighted by Gasteiger charge is 2.37. The van der Waals surface area contributed by atoms with Gasteiger partial charge in [0.15, 0.2) is 6.04 Å². The van der Waals surface area contributed by atoms with Crippen LogP contribution in [0.1, 0.15) is 13.3 Å². The summed E-state index contributed by atoms with van der Waals surface area (Å²) in [5.41, 5.74) is -0.0123. The van der Waals surface area contributed by atoms with Crippen LogP contribution in [0.25, 0.3) is 0 Å². The number of hydrogen-bond donors (Lipinski definition) is 1. The lowest BCUT2D eigenvalue weighted by Gasteiger charge is -2.20. The lowest BCUT2D eigenvalue weighted by Crippen LogP contribution is -2.35. The maximum atomic E-state index is 13.7. The van der Waals surface area contributed by atoms with Gasteiger partial charge in [0.1, 0.15) is 11.5 Å². The van der Waals surface area contributed by atoms with E-state index in [9.17, 15) is 19.1 Å². The van der Waals surface area contributed by atoms with Gasteiger partial charge in [-0.2, -0.15) is 5.10 Å². The maximum Gasteiger partial charge on any atom is 0.354 e. The number of ether oxygens (including phenoxy) is 1. The molecule has 0 unspecified atom stereocenters. The number of halogens is 1. The highest BCUT2D eigenvalue weighted by atomic mass is 19.1. The van der Waals surface area contributed by atoms with E-state index < -0.39 is 23.8 Å². The number of nitrogens with zero attached hydrogens (tertiary/aromatic N) is 2. The number of hydrazone groups is 1. The van der Waals surface area contributed by atoms with Gasteiger partial charge in [0, 0.05) is 6.42 Å². The van der Waals surface area contributed by atoms with Crippen LogP contribution in [0.15, 0.2) is 29.4 Å². The summed E-state index contributed by atoms with van der Waals surface area (Å²) in [5, 5.41) is 14.1. The van der Waals surface area contributed by atoms with E-state index in [2.05, 4.69) is 5.10 Å². The zero-order valence-corrected chi connectivity index (χ0v) is 10.7. The molecule has 1 aliphatic rings. The van der Waals surface area contributed by atoms with E-state index in [4.69, 9.17) is 4.74 Å². The summed E-state index contributed by atoms with van der Waals surface area (Å²) in [5.74, 6) is -2.47. The lowest BCUT2D eigenvalue weighted by molar-refractivity contribution is -0.138. The van der Waals surface area contributed by atoms with Crippen LogP contribution in [0, 0.1) is 5.82 Å². The average molecular weight is 280 g/mol. The van der Waals surface area contributed by atoms with Crippen molar-refractivity contribution in [2.24, 2.45) is 5.10 Å². The van der Waals surface area contributed by atoms with Crippen LogP contribution in [0.2, 0.25) is 0 Å². The summed E-state index contributed by atoms with van der Waals surface area (Å²) in [6.45, 7) is 1.80. The molecular weight excluding hydrogens is 267 g/mol. The Balaban J connectivity index is 2.35. The Kier molecular flexibility index (Phi) is 3.97. The molecule has 0 amide bonds. The number of carbonyl (C=O) groups is 2. The molecule has 0 aliphatic carbocycles. The second kappa shape index (κ2) is 5.68. The third-order valence-corrected chi connectivity index (χ3v) is 2.81. The largest absolute Gasteiger partial charge is 0.480 e. The number of aliphatic carboxylic acids is 1. The van der Waals surface area contributed by atoms with Crippen molar-refractivity contribution in [3.8, 4) is 0 Å². The SMILES string of the molecule is CCOC(=O)C1=NN(c2ccccc2F)[C@@H](C(=O)O)C1. The molecule has 6 nitrogen and oxygen atoms in total. The maximum absolute atomic E-state index is 13.7. The van der Waals surface area contributed by atoms with Crippen molar-refractivity contribution in [2.75, 3.05) is 11.6 Å². The van der Waals surface area contributed by atoms with E-state index in [1.54, 1.807) is 13.0 Å². The third-order valence-electron chi connectivity index (χ3n) is 2.81. The fraction of sp³-hybridized carbons (Fsp3) is 0.308. The molecule has 0 aromatic heterocycles. The average Bonchev–Trinajstić information content (AvgIpc) is 2.84. The number of para-hydroxylation sites is 1. The van der Waals surface area contributed by atoms with Gasteiger partial charge in [-0.05, 0) is 19.1 Å². The molecule has 1 N–H and O–H groups in total. The number of esters is 1. The van der Waals surface area contributed by atoms with Gasteiger partial charge in [0.2, 0.25) is 0 Å². The summed E-state index contributed by atoms with van der Waals surface area (Å²) in [7, 11) is 0. The monoisotopic (exact) mass is 280 g/mol. The molecule has 0 radical (unpaired) electrons. The first-order valence-electron chi connectivity index (χ1n) is 6.05. The predicted octanol–water partition coefficient (Wildman–Crippen LogP) is 1.41. The molecule has 1 heterocycles. The van der Waals surface area contributed by atoms with Crippen LogP contribution < -0.4 is 5.01 Å². The molecule has 1 aromatic rings. The fourth-order valence-electron chi connectivity index (χ4n) is 1.90. The van der Waals surface area contributed by atoms with Gasteiger partial charge in [0.25, 0.3) is 0 Å². The van der Waals surface area contributed by atoms with Gasteiger partial charge in [-0.25, -0.2) is 19.0 Å². The molecule has 1 aromatic carbocycles. The topological polar surface area (TPSA) is 79.2 Å². The van der Waals surface area contributed by atoms with Gasteiger partial charge in [-0.15, -0.1) is 0 Å². The molecule has 0 fully saturated rings. The van der Waals surface area contributed by atoms with Crippen LogP contribution in [0.5, 0.6) is 0 Å². The van der Waals surface area contributed by atoms with Crippen LogP contribution in [-0.2, 0) is 14.3 Å². The second-order valence-corrected chi connectivity index (χ2v) is 4.12. The Morgan fingerprint density at radius 3 is 2.80 bits per heavy atom. The van der Waals surface area contributed by atoms with Gasteiger partial charge in [0.05, 0.1) is 12.3 Å². The zero-order valence-electron chi connectivity index (χ0n) is 10.7. The summed E-state index contributed by atoms with van der Waals surface area (Å²) in [6.07, 6.45) is -0.123. The number of hydrogen-bond acceptors (Lipinski definition) is 5. The van der Waals surface area contributed by atoms with Crippen LogP contribution in [0.3, 0.4) is 0 Å². The molecule has 1 atom stereocenters. The first-order chi connectivity index (χ1) is 9.54. The number of rotatable bonds is 4. The smallest absolute Gasteiger partial charge is 0.354 e. The van der Waals surface area contributed by atoms with E-state index in [0.29, 0.717) is 0 Å². The molecule has 0 bridgehead atoms. The van der Waals surface area contributed by atoms with Crippen molar-refractivity contribution in [1.82, 2.24) is 0 Å². The first-order valence-corrected chi connectivity index (χ1v) is 6.05. The fourth-order valence-corrected chi connectivity index (χ4v) is 1.90. The summed E-state index contributed by atoms with van der Waals surface area (Å²) in [4.78, 5) is 22.8. The Bertz CT molecular complexity index is 573. The number of carboxylic acids is 1. The van der Waals surface area contributed by atoms with E-state index in [-0.39, 0.29) is 24.4 Å². The van der Waals surface area contributed by atoms with Crippen molar-refractivity contribution in [3.63, 3.8) is 0 Å². The number of benzene rings is 1. The molecule has 1 aliphatic heterocycles. The molecule has 0 saturated carbocycles. The van der Waals surface area contributed by atoms with Crippen molar-refractivity contribution in [1.29, 1.82) is 0 Å². The van der Waals surface area contributed by atoms with Gasteiger partial charge in [-0.3, -0.25) is 0 Å². The molecule has 106 valence electrons. The Morgan fingerprint density at radius 2 is 2.20 bits per heavy atom. The lowest BCUT2D eigenvalue weighted by atomic mass is 10.1. The van der Waals surface area contributed by atoms with Gasteiger partial charge >= 0.3 is 11.9 Å². The summed E-state index contributed by atoms with van der Waals surface area (Å²) in [6, 6.07) is 4.54. The van der Waals surface area contributed by atoms with Crippen molar-refractivity contribution in [2.45, 2.75) is 19.4 Å². The highest BCUT2D eigenvalue weighted by molar-refractivity contribution is 6.38. The normalized spacial score (nSPS) is 17.8. The van der Waals surface area contributed by atoms with Crippen molar-refractivity contribution >= 4 is 23.3 Å². The standard InChI is InChI=1S/C13H13FN2O4/c1-2-20-13(19)9-7-11(12(17)18)16(15-9)10-6-4-3-5-8(10)14/h3-6,11H,2,7H2,1H3,(H,17,18)/t11-/m1/s1. The van der Waals surface area contributed by atoms with E-state index in [0.717, 1.165) is 5.01 Å². The van der Waals surface area contributed by atoms with Crippen LogP contribution in [0.4, 0.5) is 10.1 Å². The zero-order chi connectivity index (χ0) is 14.7.